The van der Waals surface area contributed by atoms with Crippen molar-refractivity contribution in [1.82, 2.24) is 10.3 Å². The zero-order valence-electron chi connectivity index (χ0n) is 13.0. The van der Waals surface area contributed by atoms with Crippen molar-refractivity contribution in [1.29, 1.82) is 0 Å². The molecule has 1 N–H and O–H groups in total. The maximum atomic E-state index is 4.84. The summed E-state index contributed by atoms with van der Waals surface area (Å²) in [6, 6.07) is 13.4. The Kier molecular flexibility index (Phi) is 4.87. The van der Waals surface area contributed by atoms with E-state index in [1.807, 2.05) is 0 Å². The van der Waals surface area contributed by atoms with Crippen LogP contribution < -0.4 is 5.32 Å². The largest absolute Gasteiger partial charge is 0.316 e. The van der Waals surface area contributed by atoms with Crippen molar-refractivity contribution >= 4 is 10.9 Å². The third kappa shape index (κ3) is 3.62. The smallest absolute Gasteiger partial charge is 0.0705 e. The monoisotopic (exact) mass is 282 g/mol. The van der Waals surface area contributed by atoms with Gasteiger partial charge in [-0.15, -0.1) is 0 Å². The standard InChI is InChI=1S/C19H26N2/c1-20-19(15-8-4-2-3-5-9-15)14-17-13-12-16-10-6-7-11-18(16)21-17/h6-7,10-13,15,19-20H,2-5,8-9,14H2,1H3. The summed E-state index contributed by atoms with van der Waals surface area (Å²) in [5, 5.41) is 4.79. The van der Waals surface area contributed by atoms with Crippen molar-refractivity contribution in [2.24, 2.45) is 5.92 Å². The first kappa shape index (κ1) is 14.5. The minimum atomic E-state index is 0.566. The number of rotatable bonds is 4. The van der Waals surface area contributed by atoms with Crippen LogP contribution in [0.15, 0.2) is 36.4 Å². The van der Waals surface area contributed by atoms with Crippen LogP contribution in [0.3, 0.4) is 0 Å². The molecule has 0 radical (unpaired) electrons. The van der Waals surface area contributed by atoms with Crippen molar-refractivity contribution in [3.63, 3.8) is 0 Å². The number of hydrogen-bond donors (Lipinski definition) is 1. The predicted molar refractivity (Wildman–Crippen MR) is 89.5 cm³/mol. The van der Waals surface area contributed by atoms with Gasteiger partial charge in [0.25, 0.3) is 0 Å². The Labute approximate surface area is 128 Å². The molecule has 2 heteroatoms. The number of nitrogens with one attached hydrogen (secondary N) is 1. The molecule has 2 aromatic rings. The first-order valence-electron chi connectivity index (χ1n) is 8.39. The van der Waals surface area contributed by atoms with Crippen LogP contribution in [0.5, 0.6) is 0 Å². The van der Waals surface area contributed by atoms with Gasteiger partial charge in [-0.1, -0.05) is 49.9 Å². The van der Waals surface area contributed by atoms with Gasteiger partial charge in [0, 0.05) is 23.5 Å². The third-order valence-corrected chi connectivity index (χ3v) is 4.92. The van der Waals surface area contributed by atoms with E-state index in [0.717, 1.165) is 17.9 Å². The molecule has 0 spiro atoms. The molecule has 21 heavy (non-hydrogen) atoms. The molecule has 112 valence electrons. The molecule has 1 aliphatic carbocycles. The van der Waals surface area contributed by atoms with Gasteiger partial charge in [-0.25, -0.2) is 0 Å². The normalized spacial score (nSPS) is 18.5. The van der Waals surface area contributed by atoms with E-state index < -0.39 is 0 Å². The van der Waals surface area contributed by atoms with E-state index in [4.69, 9.17) is 4.98 Å². The summed E-state index contributed by atoms with van der Waals surface area (Å²) in [7, 11) is 2.11. The van der Waals surface area contributed by atoms with Gasteiger partial charge in [0.15, 0.2) is 0 Å². The van der Waals surface area contributed by atoms with E-state index in [2.05, 4.69) is 48.8 Å². The average Bonchev–Trinajstić information content (AvgIpc) is 2.81. The lowest BCUT2D eigenvalue weighted by Crippen LogP contribution is -2.35. The van der Waals surface area contributed by atoms with Crippen LogP contribution in [0, 0.1) is 5.92 Å². The van der Waals surface area contributed by atoms with Gasteiger partial charge in [-0.05, 0) is 37.9 Å². The second kappa shape index (κ2) is 7.04. The highest BCUT2D eigenvalue weighted by molar-refractivity contribution is 5.78. The maximum absolute atomic E-state index is 4.84. The highest BCUT2D eigenvalue weighted by Gasteiger charge is 2.22. The number of hydrogen-bond acceptors (Lipinski definition) is 2. The van der Waals surface area contributed by atoms with Crippen molar-refractivity contribution in [3.05, 3.63) is 42.1 Å². The first-order chi connectivity index (χ1) is 10.4. The summed E-state index contributed by atoms with van der Waals surface area (Å²) in [5.74, 6) is 0.811. The van der Waals surface area contributed by atoms with Crippen LogP contribution in [0.25, 0.3) is 10.9 Å². The SMILES string of the molecule is CNC(Cc1ccc2ccccc2n1)C1CCCCCC1. The number of fused-ring (bicyclic) bond motifs is 1. The van der Waals surface area contributed by atoms with E-state index in [1.54, 1.807) is 0 Å². The molecular weight excluding hydrogens is 256 g/mol. The minimum Gasteiger partial charge on any atom is -0.316 e. The average molecular weight is 282 g/mol. The highest BCUT2D eigenvalue weighted by atomic mass is 14.9. The van der Waals surface area contributed by atoms with E-state index >= 15 is 0 Å². The van der Waals surface area contributed by atoms with Crippen molar-refractivity contribution in [2.45, 2.75) is 51.0 Å². The van der Waals surface area contributed by atoms with Gasteiger partial charge >= 0.3 is 0 Å². The Morgan fingerprint density at radius 1 is 1.05 bits per heavy atom. The van der Waals surface area contributed by atoms with E-state index in [0.29, 0.717) is 6.04 Å². The fourth-order valence-corrected chi connectivity index (χ4v) is 3.66. The Bertz CT molecular complexity index is 571. The summed E-state index contributed by atoms with van der Waals surface area (Å²) in [6.07, 6.45) is 9.43. The number of benzene rings is 1. The molecule has 1 aliphatic rings. The molecule has 3 rings (SSSR count). The van der Waals surface area contributed by atoms with Crippen molar-refractivity contribution in [2.75, 3.05) is 7.05 Å². The second-order valence-electron chi connectivity index (χ2n) is 6.35. The molecule has 1 unspecified atom stereocenters. The summed E-state index contributed by atoms with van der Waals surface area (Å²) in [6.45, 7) is 0. The zero-order chi connectivity index (χ0) is 14.5. The quantitative estimate of drug-likeness (QED) is 0.844. The summed E-state index contributed by atoms with van der Waals surface area (Å²) in [4.78, 5) is 4.84. The van der Waals surface area contributed by atoms with E-state index in [-0.39, 0.29) is 0 Å². The van der Waals surface area contributed by atoms with Gasteiger partial charge in [-0.3, -0.25) is 4.98 Å². The molecule has 1 aromatic carbocycles. The third-order valence-electron chi connectivity index (χ3n) is 4.92. The summed E-state index contributed by atoms with van der Waals surface area (Å²) < 4.78 is 0. The van der Waals surface area contributed by atoms with Gasteiger partial charge in [-0.2, -0.15) is 0 Å². The van der Waals surface area contributed by atoms with Crippen LogP contribution in [0.1, 0.15) is 44.2 Å². The molecule has 0 aliphatic heterocycles. The lowest BCUT2D eigenvalue weighted by atomic mass is 9.89. The Balaban J connectivity index is 1.74. The second-order valence-corrected chi connectivity index (χ2v) is 6.35. The predicted octanol–water partition coefficient (Wildman–Crippen LogP) is 4.34. The molecule has 1 saturated carbocycles. The number of likely N-dealkylation sites (N-methyl/N-ethyl adjacent to an activating group) is 1. The summed E-state index contributed by atoms with van der Waals surface area (Å²) in [5.41, 5.74) is 2.34. The number of aromatic nitrogens is 1. The Morgan fingerprint density at radius 2 is 1.81 bits per heavy atom. The fourth-order valence-electron chi connectivity index (χ4n) is 3.66. The number of pyridine rings is 1. The van der Waals surface area contributed by atoms with Gasteiger partial charge in [0.2, 0.25) is 0 Å². The zero-order valence-corrected chi connectivity index (χ0v) is 13.0. The molecule has 1 aromatic heterocycles. The molecular formula is C19H26N2. The molecule has 1 fully saturated rings. The minimum absolute atomic E-state index is 0.566. The van der Waals surface area contributed by atoms with E-state index in [1.165, 1.54) is 49.6 Å². The van der Waals surface area contributed by atoms with Crippen LogP contribution >= 0.6 is 0 Å². The van der Waals surface area contributed by atoms with Gasteiger partial charge in [0.1, 0.15) is 0 Å². The number of nitrogens with zero attached hydrogens (tertiary/aromatic N) is 1. The lowest BCUT2D eigenvalue weighted by molar-refractivity contribution is 0.331. The van der Waals surface area contributed by atoms with Crippen molar-refractivity contribution in [3.8, 4) is 0 Å². The molecule has 0 saturated heterocycles. The molecule has 0 bridgehead atoms. The van der Waals surface area contributed by atoms with Crippen molar-refractivity contribution < 1.29 is 0 Å². The lowest BCUT2D eigenvalue weighted by Gasteiger charge is -2.25. The van der Waals surface area contributed by atoms with Gasteiger partial charge in [0.05, 0.1) is 5.52 Å². The maximum Gasteiger partial charge on any atom is 0.0705 e. The van der Waals surface area contributed by atoms with E-state index in [9.17, 15) is 0 Å². The number of para-hydroxylation sites is 1. The van der Waals surface area contributed by atoms with Gasteiger partial charge < -0.3 is 5.32 Å². The fraction of sp³-hybridized carbons (Fsp3) is 0.526. The molecule has 1 heterocycles. The van der Waals surface area contributed by atoms with Crippen LogP contribution in [0.4, 0.5) is 0 Å². The molecule has 2 nitrogen and oxygen atoms in total. The summed E-state index contributed by atoms with van der Waals surface area (Å²) >= 11 is 0. The molecule has 0 amide bonds. The highest BCUT2D eigenvalue weighted by Crippen LogP contribution is 2.27. The van der Waals surface area contributed by atoms with Crippen LogP contribution in [0.2, 0.25) is 0 Å². The Hall–Kier alpha value is -1.41. The molecule has 1 atom stereocenters. The first-order valence-corrected chi connectivity index (χ1v) is 8.39. The van der Waals surface area contributed by atoms with Crippen LogP contribution in [-0.2, 0) is 6.42 Å². The topological polar surface area (TPSA) is 24.9 Å². The Morgan fingerprint density at radius 3 is 2.57 bits per heavy atom. The van der Waals surface area contributed by atoms with Crippen LogP contribution in [-0.4, -0.2) is 18.1 Å².